The Balaban J connectivity index is 1.49. The Kier molecular flexibility index (Phi) is 5.60. The third kappa shape index (κ3) is 3.33. The zero-order valence-electron chi connectivity index (χ0n) is 19.2. The van der Waals surface area contributed by atoms with Gasteiger partial charge in [0.05, 0.1) is 0 Å². The van der Waals surface area contributed by atoms with E-state index in [2.05, 4.69) is 40.7 Å². The molecule has 158 valence electrons. The monoisotopic (exact) mass is 384 g/mol. The van der Waals surface area contributed by atoms with Gasteiger partial charge in [0, 0.05) is 6.42 Å². The fraction of sp³-hybridized carbons (Fsp3) is 0.889. The van der Waals surface area contributed by atoms with Gasteiger partial charge in [-0.15, -0.1) is 0 Å². The molecule has 1 nitrogen and oxygen atoms in total. The van der Waals surface area contributed by atoms with Gasteiger partial charge in [-0.25, -0.2) is 0 Å². The van der Waals surface area contributed by atoms with E-state index in [1.54, 1.807) is 0 Å². The van der Waals surface area contributed by atoms with Gasteiger partial charge in [-0.1, -0.05) is 59.5 Å². The van der Waals surface area contributed by atoms with Gasteiger partial charge >= 0.3 is 0 Å². The Morgan fingerprint density at radius 2 is 1.75 bits per heavy atom. The fourth-order valence-electron chi connectivity index (χ4n) is 8.58. The first-order chi connectivity index (χ1) is 13.3. The molecular formula is C27H44O. The van der Waals surface area contributed by atoms with Crippen LogP contribution in [-0.2, 0) is 4.79 Å². The molecule has 0 amide bonds. The molecule has 3 saturated carbocycles. The summed E-state index contributed by atoms with van der Waals surface area (Å²) in [7, 11) is 0. The van der Waals surface area contributed by atoms with Crippen LogP contribution in [0.15, 0.2) is 11.6 Å². The van der Waals surface area contributed by atoms with E-state index in [0.717, 1.165) is 48.3 Å². The number of carbonyl (C=O) groups is 1. The topological polar surface area (TPSA) is 17.1 Å². The van der Waals surface area contributed by atoms with Gasteiger partial charge in [0.1, 0.15) is 0 Å². The maximum absolute atomic E-state index is 12.0. The number of allylic oxidation sites excluding steroid dienone is 1. The minimum atomic E-state index is 0.332. The van der Waals surface area contributed by atoms with Gasteiger partial charge in [0.15, 0.2) is 5.78 Å². The van der Waals surface area contributed by atoms with Gasteiger partial charge < -0.3 is 0 Å². The molecule has 3 fully saturated rings. The molecule has 0 N–H and O–H groups in total. The molecular weight excluding hydrogens is 340 g/mol. The molecule has 0 spiro atoms. The number of hydrogen-bond donors (Lipinski definition) is 0. The number of rotatable bonds is 5. The molecule has 0 aromatic carbocycles. The summed E-state index contributed by atoms with van der Waals surface area (Å²) in [6, 6.07) is 0. The largest absolute Gasteiger partial charge is 0.295 e. The number of carbonyl (C=O) groups excluding carboxylic acids is 1. The van der Waals surface area contributed by atoms with E-state index < -0.39 is 0 Å². The van der Waals surface area contributed by atoms with Crippen LogP contribution in [0.3, 0.4) is 0 Å². The first-order valence-electron chi connectivity index (χ1n) is 12.5. The van der Waals surface area contributed by atoms with Crippen molar-refractivity contribution in [3.8, 4) is 0 Å². The second kappa shape index (κ2) is 7.59. The molecule has 1 heteroatoms. The van der Waals surface area contributed by atoms with E-state index in [0.29, 0.717) is 16.6 Å². The molecule has 0 radical (unpaired) electrons. The lowest BCUT2D eigenvalue weighted by atomic mass is 9.46. The zero-order chi connectivity index (χ0) is 20.1. The van der Waals surface area contributed by atoms with E-state index in [9.17, 15) is 4.79 Å². The van der Waals surface area contributed by atoms with E-state index in [-0.39, 0.29) is 0 Å². The SMILES string of the molecule is CC(C)CCC[C@@H](C)[C@@H]1CC[C@@H]2[C@H]3CCC4=CC(=O)CC[C@]4(C)[C@@H]3CC[C@@]21C. The van der Waals surface area contributed by atoms with E-state index in [4.69, 9.17) is 0 Å². The average Bonchev–Trinajstić information content (AvgIpc) is 2.99. The highest BCUT2D eigenvalue weighted by atomic mass is 16.1. The summed E-state index contributed by atoms with van der Waals surface area (Å²) in [5, 5.41) is 0. The molecule has 0 aliphatic heterocycles. The van der Waals surface area contributed by atoms with Crippen molar-refractivity contribution in [2.45, 2.75) is 105 Å². The van der Waals surface area contributed by atoms with Gasteiger partial charge in [-0.05, 0) is 97.4 Å². The van der Waals surface area contributed by atoms with Crippen LogP contribution in [0.1, 0.15) is 105 Å². The smallest absolute Gasteiger partial charge is 0.155 e. The maximum atomic E-state index is 12.0. The lowest BCUT2D eigenvalue weighted by Gasteiger charge is -2.58. The predicted molar refractivity (Wildman–Crippen MR) is 118 cm³/mol. The Bertz CT molecular complexity index is 630. The van der Waals surface area contributed by atoms with Crippen molar-refractivity contribution in [3.63, 3.8) is 0 Å². The summed E-state index contributed by atoms with van der Waals surface area (Å²) in [5.41, 5.74) is 2.43. The third-order valence-electron chi connectivity index (χ3n) is 10.2. The second-order valence-corrected chi connectivity index (χ2v) is 12.0. The van der Waals surface area contributed by atoms with Crippen LogP contribution in [0.4, 0.5) is 0 Å². The lowest BCUT2D eigenvalue weighted by molar-refractivity contribution is -0.117. The molecule has 28 heavy (non-hydrogen) atoms. The van der Waals surface area contributed by atoms with Gasteiger partial charge in [-0.2, -0.15) is 0 Å². The zero-order valence-corrected chi connectivity index (χ0v) is 19.2. The first-order valence-corrected chi connectivity index (χ1v) is 12.5. The molecule has 7 atom stereocenters. The Hall–Kier alpha value is -0.590. The molecule has 0 saturated heterocycles. The van der Waals surface area contributed by atoms with Gasteiger partial charge in [0.25, 0.3) is 0 Å². The highest BCUT2D eigenvalue weighted by Gasteiger charge is 2.59. The van der Waals surface area contributed by atoms with Crippen LogP contribution in [0.5, 0.6) is 0 Å². The Morgan fingerprint density at radius 3 is 2.50 bits per heavy atom. The normalized spacial score (nSPS) is 43.9. The van der Waals surface area contributed by atoms with Crippen LogP contribution in [0.25, 0.3) is 0 Å². The van der Waals surface area contributed by atoms with E-state index in [1.807, 2.05) is 0 Å². The van der Waals surface area contributed by atoms with Gasteiger partial charge in [0.2, 0.25) is 0 Å². The third-order valence-corrected chi connectivity index (χ3v) is 10.2. The summed E-state index contributed by atoms with van der Waals surface area (Å²) in [5.74, 6) is 5.79. The number of hydrogen-bond acceptors (Lipinski definition) is 1. The molecule has 4 aliphatic carbocycles. The van der Waals surface area contributed by atoms with Crippen LogP contribution in [0.2, 0.25) is 0 Å². The summed E-state index contributed by atoms with van der Waals surface area (Å²) in [4.78, 5) is 12.0. The highest BCUT2D eigenvalue weighted by Crippen LogP contribution is 2.67. The minimum Gasteiger partial charge on any atom is -0.295 e. The number of ketones is 1. The maximum Gasteiger partial charge on any atom is 0.155 e. The Morgan fingerprint density at radius 1 is 0.964 bits per heavy atom. The molecule has 0 aromatic rings. The molecule has 0 aromatic heterocycles. The Labute approximate surface area is 174 Å². The highest BCUT2D eigenvalue weighted by molar-refractivity contribution is 5.91. The summed E-state index contributed by atoms with van der Waals surface area (Å²) < 4.78 is 0. The van der Waals surface area contributed by atoms with Crippen molar-refractivity contribution in [3.05, 3.63) is 11.6 Å². The van der Waals surface area contributed by atoms with Crippen molar-refractivity contribution in [2.75, 3.05) is 0 Å². The fourth-order valence-corrected chi connectivity index (χ4v) is 8.58. The molecule has 0 bridgehead atoms. The van der Waals surface area contributed by atoms with Crippen LogP contribution in [0, 0.1) is 46.3 Å². The van der Waals surface area contributed by atoms with Gasteiger partial charge in [-0.3, -0.25) is 4.79 Å². The standard InChI is InChI=1S/C27H44O/c1-18(2)7-6-8-19(3)23-11-12-24-22-10-9-20-17-21(28)13-15-26(20,4)25(22)14-16-27(23,24)5/h17-19,22-25H,6-16H2,1-5H3/t19-,22-,23+,24-,25-,26+,27-/m1/s1. The van der Waals surface area contributed by atoms with Crippen molar-refractivity contribution in [1.29, 1.82) is 0 Å². The molecule has 0 unspecified atom stereocenters. The summed E-state index contributed by atoms with van der Waals surface area (Å²) in [6.45, 7) is 12.5. The average molecular weight is 385 g/mol. The quantitative estimate of drug-likeness (QED) is 0.477. The van der Waals surface area contributed by atoms with E-state index in [1.165, 1.54) is 63.4 Å². The van der Waals surface area contributed by atoms with Crippen LogP contribution >= 0.6 is 0 Å². The van der Waals surface area contributed by atoms with Crippen LogP contribution in [-0.4, -0.2) is 5.78 Å². The lowest BCUT2D eigenvalue weighted by Crippen LogP contribution is -2.50. The summed E-state index contributed by atoms with van der Waals surface area (Å²) in [6.07, 6.45) is 16.6. The minimum absolute atomic E-state index is 0.332. The molecule has 0 heterocycles. The van der Waals surface area contributed by atoms with Crippen molar-refractivity contribution in [1.82, 2.24) is 0 Å². The van der Waals surface area contributed by atoms with Crippen molar-refractivity contribution < 1.29 is 4.79 Å². The van der Waals surface area contributed by atoms with Crippen molar-refractivity contribution >= 4 is 5.78 Å². The van der Waals surface area contributed by atoms with Crippen molar-refractivity contribution in [2.24, 2.45) is 46.3 Å². The molecule has 4 rings (SSSR count). The number of fused-ring (bicyclic) bond motifs is 5. The van der Waals surface area contributed by atoms with E-state index >= 15 is 0 Å². The first kappa shape index (κ1) is 20.7. The molecule has 4 aliphatic rings. The predicted octanol–water partition coefficient (Wildman–Crippen LogP) is 7.60. The second-order valence-electron chi connectivity index (χ2n) is 12.0. The van der Waals surface area contributed by atoms with Crippen LogP contribution < -0.4 is 0 Å². The summed E-state index contributed by atoms with van der Waals surface area (Å²) >= 11 is 0.